The molecule has 1 fully saturated rings. The summed E-state index contributed by atoms with van der Waals surface area (Å²) in [6.45, 7) is 5.41. The van der Waals surface area contributed by atoms with E-state index >= 15 is 0 Å². The van der Waals surface area contributed by atoms with E-state index in [2.05, 4.69) is 21.3 Å². The lowest BCUT2D eigenvalue weighted by atomic mass is 9.96. The predicted molar refractivity (Wildman–Crippen MR) is 120 cm³/mol. The van der Waals surface area contributed by atoms with Gasteiger partial charge >= 0.3 is 6.03 Å². The Labute approximate surface area is 183 Å². The zero-order chi connectivity index (χ0) is 22.8. The van der Waals surface area contributed by atoms with E-state index in [9.17, 15) is 19.2 Å². The molecule has 0 bridgehead atoms. The second-order valence-electron chi connectivity index (χ2n) is 7.84. The van der Waals surface area contributed by atoms with Crippen molar-refractivity contribution in [3.8, 4) is 0 Å². The maximum atomic E-state index is 12.5. The van der Waals surface area contributed by atoms with Crippen molar-refractivity contribution >= 4 is 35.1 Å². The first-order valence-corrected chi connectivity index (χ1v) is 10.8. The van der Waals surface area contributed by atoms with Gasteiger partial charge in [0.1, 0.15) is 0 Å². The Kier molecular flexibility index (Phi) is 9.45. The molecule has 9 heteroatoms. The van der Waals surface area contributed by atoms with Crippen molar-refractivity contribution in [1.29, 1.82) is 0 Å². The Morgan fingerprint density at radius 3 is 2.13 bits per heavy atom. The number of rotatable bonds is 8. The summed E-state index contributed by atoms with van der Waals surface area (Å²) in [6.07, 6.45) is 5.23. The van der Waals surface area contributed by atoms with Gasteiger partial charge in [-0.2, -0.15) is 0 Å². The summed E-state index contributed by atoms with van der Waals surface area (Å²) in [4.78, 5) is 49.8. The van der Waals surface area contributed by atoms with Crippen molar-refractivity contribution in [2.45, 2.75) is 65.0 Å². The first-order valence-electron chi connectivity index (χ1n) is 10.8. The quantitative estimate of drug-likeness (QED) is 0.504. The number of amides is 5. The molecule has 0 saturated heterocycles. The highest BCUT2D eigenvalue weighted by molar-refractivity contribution is 5.98. The van der Waals surface area contributed by atoms with E-state index in [0.29, 0.717) is 17.9 Å². The summed E-state index contributed by atoms with van der Waals surface area (Å²) in [6, 6.07) is 5.74. The van der Waals surface area contributed by atoms with Gasteiger partial charge < -0.3 is 16.0 Å². The van der Waals surface area contributed by atoms with Gasteiger partial charge in [-0.3, -0.25) is 24.6 Å². The number of imide groups is 1. The first-order chi connectivity index (χ1) is 14.8. The van der Waals surface area contributed by atoms with Gasteiger partial charge in [0.2, 0.25) is 17.7 Å². The molecule has 2 rings (SSSR count). The number of likely N-dealkylation sites (N-methyl/N-ethyl adjacent to an activating group) is 1. The first kappa shape index (κ1) is 24.3. The predicted octanol–water partition coefficient (Wildman–Crippen LogP) is 2.45. The van der Waals surface area contributed by atoms with Crippen LogP contribution in [0.25, 0.3) is 0 Å². The van der Waals surface area contributed by atoms with Crippen LogP contribution >= 0.6 is 0 Å². The number of urea groups is 1. The molecule has 1 aliphatic carbocycles. The molecule has 5 amide bonds. The molecular formula is C22H33N5O4. The van der Waals surface area contributed by atoms with Crippen LogP contribution in [0.1, 0.15) is 52.9 Å². The molecule has 1 aliphatic rings. The molecule has 9 nitrogen and oxygen atoms in total. The summed E-state index contributed by atoms with van der Waals surface area (Å²) in [5.74, 6) is -0.891. The van der Waals surface area contributed by atoms with Crippen LogP contribution < -0.4 is 21.3 Å². The van der Waals surface area contributed by atoms with Crippen molar-refractivity contribution in [1.82, 2.24) is 15.5 Å². The third kappa shape index (κ3) is 8.37. The van der Waals surface area contributed by atoms with E-state index < -0.39 is 18.0 Å². The largest absolute Gasteiger partial charge is 0.335 e. The van der Waals surface area contributed by atoms with Crippen LogP contribution in [0.5, 0.6) is 0 Å². The number of anilines is 2. The minimum atomic E-state index is -0.644. The number of carbonyl (C=O) groups is 4. The van der Waals surface area contributed by atoms with Gasteiger partial charge in [-0.15, -0.1) is 0 Å². The van der Waals surface area contributed by atoms with E-state index in [-0.39, 0.29) is 24.4 Å². The van der Waals surface area contributed by atoms with Gasteiger partial charge in [-0.05, 0) is 50.6 Å². The molecule has 0 aromatic heterocycles. The number of hydrogen-bond acceptors (Lipinski definition) is 5. The third-order valence-electron chi connectivity index (χ3n) is 5.35. The summed E-state index contributed by atoms with van der Waals surface area (Å²) < 4.78 is 0. The fraction of sp³-hybridized carbons (Fsp3) is 0.545. The van der Waals surface area contributed by atoms with Gasteiger partial charge in [0.15, 0.2) is 0 Å². The van der Waals surface area contributed by atoms with Crippen LogP contribution in [0.4, 0.5) is 16.2 Å². The van der Waals surface area contributed by atoms with Crippen LogP contribution in [-0.2, 0) is 14.4 Å². The van der Waals surface area contributed by atoms with Crippen molar-refractivity contribution < 1.29 is 19.2 Å². The lowest BCUT2D eigenvalue weighted by Crippen LogP contribution is -2.52. The zero-order valence-electron chi connectivity index (χ0n) is 18.5. The minimum Gasteiger partial charge on any atom is -0.335 e. The maximum Gasteiger partial charge on any atom is 0.321 e. The molecule has 1 saturated carbocycles. The van der Waals surface area contributed by atoms with Crippen LogP contribution in [0.3, 0.4) is 0 Å². The second kappa shape index (κ2) is 12.0. The fourth-order valence-electron chi connectivity index (χ4n) is 3.60. The smallest absolute Gasteiger partial charge is 0.321 e. The number of hydrogen-bond donors (Lipinski definition) is 4. The second-order valence-corrected chi connectivity index (χ2v) is 7.84. The third-order valence-corrected chi connectivity index (χ3v) is 5.35. The van der Waals surface area contributed by atoms with Gasteiger partial charge in [-0.25, -0.2) is 4.79 Å². The van der Waals surface area contributed by atoms with Gasteiger partial charge in [0.05, 0.1) is 12.6 Å². The van der Waals surface area contributed by atoms with Crippen LogP contribution in [-0.4, -0.2) is 53.8 Å². The highest BCUT2D eigenvalue weighted by Crippen LogP contribution is 2.17. The molecule has 0 radical (unpaired) electrons. The Bertz CT molecular complexity index is 775. The summed E-state index contributed by atoms with van der Waals surface area (Å²) in [5.41, 5.74) is 1.22. The average molecular weight is 432 g/mol. The van der Waals surface area contributed by atoms with Gasteiger partial charge in [0, 0.05) is 24.3 Å². The molecular weight excluding hydrogens is 398 g/mol. The van der Waals surface area contributed by atoms with Crippen molar-refractivity contribution in [3.63, 3.8) is 0 Å². The minimum absolute atomic E-state index is 0.00276. The zero-order valence-corrected chi connectivity index (χ0v) is 18.5. The molecule has 1 aromatic rings. The standard InChI is InChI=1S/C22H33N5O4/c1-4-27(14-20(29)24-19-12-10-18(11-13-19)23-16(3)28)15(2)21(30)26-22(31)25-17-8-6-5-7-9-17/h10-13,15,17H,4-9,14H2,1-3H3,(H,23,28)(H,24,29)(H2,25,26,30,31)/t15-/m0/s1. The summed E-state index contributed by atoms with van der Waals surface area (Å²) in [5, 5.41) is 10.7. The molecule has 0 spiro atoms. The van der Waals surface area contributed by atoms with Crippen molar-refractivity contribution in [2.24, 2.45) is 0 Å². The van der Waals surface area contributed by atoms with E-state index in [1.54, 1.807) is 36.1 Å². The van der Waals surface area contributed by atoms with Crippen molar-refractivity contribution in [2.75, 3.05) is 23.7 Å². The van der Waals surface area contributed by atoms with E-state index in [1.165, 1.54) is 13.3 Å². The van der Waals surface area contributed by atoms with Gasteiger partial charge in [-0.1, -0.05) is 26.2 Å². The Balaban J connectivity index is 1.82. The molecule has 170 valence electrons. The maximum absolute atomic E-state index is 12.5. The SMILES string of the molecule is CCN(CC(=O)Nc1ccc(NC(C)=O)cc1)[C@@H](C)C(=O)NC(=O)NC1CCCCC1. The topological polar surface area (TPSA) is 120 Å². The number of carbonyl (C=O) groups excluding carboxylic acids is 4. The average Bonchev–Trinajstić information content (AvgIpc) is 2.73. The summed E-state index contributed by atoms with van der Waals surface area (Å²) in [7, 11) is 0. The van der Waals surface area contributed by atoms with Crippen LogP contribution in [0, 0.1) is 0 Å². The highest BCUT2D eigenvalue weighted by Gasteiger charge is 2.25. The monoisotopic (exact) mass is 431 g/mol. The van der Waals surface area contributed by atoms with E-state index in [0.717, 1.165) is 25.7 Å². The summed E-state index contributed by atoms with van der Waals surface area (Å²) >= 11 is 0. The molecule has 0 aliphatic heterocycles. The Morgan fingerprint density at radius 1 is 1.00 bits per heavy atom. The van der Waals surface area contributed by atoms with Crippen molar-refractivity contribution in [3.05, 3.63) is 24.3 Å². The van der Waals surface area contributed by atoms with E-state index in [1.807, 2.05) is 6.92 Å². The van der Waals surface area contributed by atoms with E-state index in [4.69, 9.17) is 0 Å². The number of benzene rings is 1. The van der Waals surface area contributed by atoms with Gasteiger partial charge in [0.25, 0.3) is 0 Å². The molecule has 0 heterocycles. The van der Waals surface area contributed by atoms with Crippen LogP contribution in [0.2, 0.25) is 0 Å². The molecule has 0 unspecified atom stereocenters. The highest BCUT2D eigenvalue weighted by atomic mass is 16.2. The molecule has 1 aromatic carbocycles. The molecule has 1 atom stereocenters. The lowest BCUT2D eigenvalue weighted by molar-refractivity contribution is -0.126. The number of nitrogens with one attached hydrogen (secondary N) is 4. The Morgan fingerprint density at radius 2 is 1.58 bits per heavy atom. The normalized spacial score (nSPS) is 15.1. The molecule has 31 heavy (non-hydrogen) atoms. The fourth-order valence-corrected chi connectivity index (χ4v) is 3.60. The lowest BCUT2D eigenvalue weighted by Gasteiger charge is -2.27. The Hall–Kier alpha value is -2.94. The number of nitrogens with zero attached hydrogens (tertiary/aromatic N) is 1. The van der Waals surface area contributed by atoms with Crippen LogP contribution in [0.15, 0.2) is 24.3 Å². The molecule has 4 N–H and O–H groups in total.